The van der Waals surface area contributed by atoms with Crippen LogP contribution in [0.1, 0.15) is 6.42 Å². The molecule has 20 heavy (non-hydrogen) atoms. The lowest BCUT2D eigenvalue weighted by molar-refractivity contribution is -0.117. The SMILES string of the molecule is NS(=O)(=O)CC1CC(=O)N(c2c(F)cc(Cl)cc2Cl)C1. The highest BCUT2D eigenvalue weighted by Crippen LogP contribution is 2.35. The van der Waals surface area contributed by atoms with Gasteiger partial charge in [0, 0.05) is 23.9 Å². The van der Waals surface area contributed by atoms with Crippen molar-refractivity contribution in [2.75, 3.05) is 17.2 Å². The molecule has 1 aromatic rings. The Labute approximate surface area is 125 Å². The molecule has 1 amide bonds. The molecule has 0 aliphatic carbocycles. The second-order valence-corrected chi connectivity index (χ2v) is 7.12. The van der Waals surface area contributed by atoms with Crippen LogP contribution in [-0.4, -0.2) is 26.6 Å². The number of benzene rings is 1. The summed E-state index contributed by atoms with van der Waals surface area (Å²) < 4.78 is 36.0. The fourth-order valence-corrected chi connectivity index (χ4v) is 3.68. The van der Waals surface area contributed by atoms with Gasteiger partial charge < -0.3 is 4.90 Å². The van der Waals surface area contributed by atoms with Crippen LogP contribution in [0.25, 0.3) is 0 Å². The van der Waals surface area contributed by atoms with Gasteiger partial charge >= 0.3 is 0 Å². The van der Waals surface area contributed by atoms with Crippen molar-refractivity contribution in [1.29, 1.82) is 0 Å². The van der Waals surface area contributed by atoms with Gasteiger partial charge in [-0.1, -0.05) is 23.2 Å². The minimum Gasteiger partial charge on any atom is -0.308 e. The minimum atomic E-state index is -3.69. The first-order chi connectivity index (χ1) is 9.17. The van der Waals surface area contributed by atoms with E-state index in [0.717, 1.165) is 11.0 Å². The number of sulfonamides is 1. The van der Waals surface area contributed by atoms with Crippen molar-refractivity contribution in [3.8, 4) is 0 Å². The average Bonchev–Trinajstić information content (AvgIpc) is 2.55. The maximum Gasteiger partial charge on any atom is 0.227 e. The number of nitrogens with zero attached hydrogens (tertiary/aromatic N) is 1. The molecule has 1 unspecified atom stereocenters. The largest absolute Gasteiger partial charge is 0.308 e. The fourth-order valence-electron chi connectivity index (χ4n) is 2.23. The number of carbonyl (C=O) groups excluding carboxylic acids is 1. The van der Waals surface area contributed by atoms with Gasteiger partial charge in [-0.25, -0.2) is 17.9 Å². The summed E-state index contributed by atoms with van der Waals surface area (Å²) >= 11 is 11.6. The van der Waals surface area contributed by atoms with E-state index in [0.29, 0.717) is 0 Å². The Morgan fingerprint density at radius 1 is 1.40 bits per heavy atom. The van der Waals surface area contributed by atoms with Crippen LogP contribution < -0.4 is 10.0 Å². The maximum atomic E-state index is 13.9. The summed E-state index contributed by atoms with van der Waals surface area (Å²) in [6, 6.07) is 2.37. The zero-order valence-electron chi connectivity index (χ0n) is 10.1. The van der Waals surface area contributed by atoms with Gasteiger partial charge in [0.05, 0.1) is 16.5 Å². The predicted molar refractivity (Wildman–Crippen MR) is 74.9 cm³/mol. The Morgan fingerprint density at radius 3 is 2.60 bits per heavy atom. The lowest BCUT2D eigenvalue weighted by Gasteiger charge is -2.19. The van der Waals surface area contributed by atoms with E-state index in [4.69, 9.17) is 28.3 Å². The van der Waals surface area contributed by atoms with Gasteiger partial charge in [0.25, 0.3) is 0 Å². The van der Waals surface area contributed by atoms with Gasteiger partial charge in [0.2, 0.25) is 15.9 Å². The van der Waals surface area contributed by atoms with E-state index in [2.05, 4.69) is 0 Å². The molecule has 0 radical (unpaired) electrons. The molecule has 1 heterocycles. The summed E-state index contributed by atoms with van der Waals surface area (Å²) in [5.41, 5.74) is -0.0852. The zero-order valence-corrected chi connectivity index (χ0v) is 12.5. The van der Waals surface area contributed by atoms with E-state index in [-0.39, 0.29) is 34.5 Å². The zero-order chi connectivity index (χ0) is 15.1. The van der Waals surface area contributed by atoms with Crippen LogP contribution in [0.3, 0.4) is 0 Å². The molecule has 0 bridgehead atoms. The van der Waals surface area contributed by atoms with E-state index < -0.39 is 27.7 Å². The van der Waals surface area contributed by atoms with Gasteiger partial charge in [-0.05, 0) is 12.1 Å². The second kappa shape index (κ2) is 5.48. The van der Waals surface area contributed by atoms with Crippen molar-refractivity contribution < 1.29 is 17.6 Å². The van der Waals surface area contributed by atoms with E-state index in [1.54, 1.807) is 0 Å². The van der Waals surface area contributed by atoms with Crippen molar-refractivity contribution in [2.24, 2.45) is 11.1 Å². The number of amides is 1. The predicted octanol–water partition coefficient (Wildman–Crippen LogP) is 1.77. The molecule has 1 atom stereocenters. The lowest BCUT2D eigenvalue weighted by Crippen LogP contribution is -2.28. The molecule has 1 aromatic carbocycles. The molecule has 1 aliphatic heterocycles. The Morgan fingerprint density at radius 2 is 2.05 bits per heavy atom. The third kappa shape index (κ3) is 3.41. The Balaban J connectivity index is 2.29. The highest BCUT2D eigenvalue weighted by Gasteiger charge is 2.35. The van der Waals surface area contributed by atoms with E-state index in [1.807, 2.05) is 0 Å². The molecular formula is C11H11Cl2FN2O3S. The number of nitrogens with two attached hydrogens (primary N) is 1. The topological polar surface area (TPSA) is 80.5 Å². The Bertz CT molecular complexity index is 643. The summed E-state index contributed by atoms with van der Waals surface area (Å²) in [6.07, 6.45) is -0.0190. The Hall–Kier alpha value is -0.890. The third-order valence-electron chi connectivity index (χ3n) is 2.92. The van der Waals surface area contributed by atoms with Gasteiger partial charge in [0.1, 0.15) is 5.82 Å². The number of carbonyl (C=O) groups is 1. The summed E-state index contributed by atoms with van der Waals surface area (Å²) in [7, 11) is -3.69. The molecule has 1 saturated heterocycles. The first-order valence-corrected chi connectivity index (χ1v) is 8.10. The van der Waals surface area contributed by atoms with Crippen LogP contribution in [0.4, 0.5) is 10.1 Å². The molecule has 9 heteroatoms. The molecule has 5 nitrogen and oxygen atoms in total. The quantitative estimate of drug-likeness (QED) is 0.910. The van der Waals surface area contributed by atoms with Crippen molar-refractivity contribution >= 4 is 44.8 Å². The normalized spacial score (nSPS) is 19.7. The molecular weight excluding hydrogens is 330 g/mol. The Kier molecular flexibility index (Phi) is 4.24. The number of anilines is 1. The first-order valence-electron chi connectivity index (χ1n) is 5.63. The maximum absolute atomic E-state index is 13.9. The first kappa shape index (κ1) is 15.5. The highest BCUT2D eigenvalue weighted by molar-refractivity contribution is 7.89. The number of halogens is 3. The van der Waals surface area contributed by atoms with Crippen LogP contribution in [0.15, 0.2) is 12.1 Å². The molecule has 2 rings (SSSR count). The summed E-state index contributed by atoms with van der Waals surface area (Å²) in [6.45, 7) is 0.0491. The smallest absolute Gasteiger partial charge is 0.227 e. The average molecular weight is 341 g/mol. The number of hydrogen-bond acceptors (Lipinski definition) is 3. The highest BCUT2D eigenvalue weighted by atomic mass is 35.5. The molecule has 110 valence electrons. The van der Waals surface area contributed by atoms with E-state index >= 15 is 0 Å². The summed E-state index contributed by atoms with van der Waals surface area (Å²) in [5, 5.41) is 5.06. The van der Waals surface area contributed by atoms with Gasteiger partial charge in [-0.3, -0.25) is 4.79 Å². The van der Waals surface area contributed by atoms with Crippen molar-refractivity contribution in [3.63, 3.8) is 0 Å². The molecule has 0 spiro atoms. The van der Waals surface area contributed by atoms with Crippen LogP contribution in [0.5, 0.6) is 0 Å². The van der Waals surface area contributed by atoms with Crippen LogP contribution in [0.2, 0.25) is 10.0 Å². The number of hydrogen-bond donors (Lipinski definition) is 1. The van der Waals surface area contributed by atoms with Gasteiger partial charge in [-0.2, -0.15) is 0 Å². The lowest BCUT2D eigenvalue weighted by atomic mass is 10.1. The van der Waals surface area contributed by atoms with Gasteiger partial charge in [-0.15, -0.1) is 0 Å². The summed E-state index contributed by atoms with van der Waals surface area (Å²) in [4.78, 5) is 13.0. The van der Waals surface area contributed by atoms with Crippen LogP contribution in [0, 0.1) is 11.7 Å². The molecule has 2 N–H and O–H groups in total. The van der Waals surface area contributed by atoms with Gasteiger partial charge in [0.15, 0.2) is 0 Å². The second-order valence-electron chi connectivity index (χ2n) is 4.62. The van der Waals surface area contributed by atoms with Crippen LogP contribution in [-0.2, 0) is 14.8 Å². The van der Waals surface area contributed by atoms with E-state index in [9.17, 15) is 17.6 Å². The standard InChI is InChI=1S/C11H11Cl2FN2O3S/c12-7-2-8(13)11(9(14)3-7)16-4-6(1-10(16)17)5-20(15,18)19/h2-3,6H,1,4-5H2,(H2,15,18,19). The van der Waals surface area contributed by atoms with Crippen molar-refractivity contribution in [1.82, 2.24) is 0 Å². The molecule has 0 saturated carbocycles. The monoisotopic (exact) mass is 340 g/mol. The van der Waals surface area contributed by atoms with Crippen molar-refractivity contribution in [2.45, 2.75) is 6.42 Å². The summed E-state index contributed by atoms with van der Waals surface area (Å²) in [5.74, 6) is -1.94. The molecule has 1 fully saturated rings. The van der Waals surface area contributed by atoms with E-state index in [1.165, 1.54) is 6.07 Å². The third-order valence-corrected chi connectivity index (χ3v) is 4.37. The fraction of sp³-hybridized carbons (Fsp3) is 0.364. The van der Waals surface area contributed by atoms with Crippen LogP contribution >= 0.6 is 23.2 Å². The van der Waals surface area contributed by atoms with Crippen molar-refractivity contribution in [3.05, 3.63) is 28.0 Å². The molecule has 0 aromatic heterocycles. The molecule has 1 aliphatic rings. The minimum absolute atomic E-state index is 0.000365. The number of rotatable bonds is 3. The number of primary sulfonamides is 1.